The monoisotopic (exact) mass is 373 g/mol. The van der Waals surface area contributed by atoms with Crippen LogP contribution in [0.4, 0.5) is 0 Å². The summed E-state index contributed by atoms with van der Waals surface area (Å²) < 4.78 is 5.32. The third-order valence-corrected chi connectivity index (χ3v) is 6.09. The minimum absolute atomic E-state index is 0.0123. The summed E-state index contributed by atoms with van der Waals surface area (Å²) in [6, 6.07) is 5.52. The third-order valence-electron chi connectivity index (χ3n) is 6.09. The molecule has 1 aliphatic carbocycles. The Morgan fingerprint density at radius 3 is 2.44 bits per heavy atom. The standard InChI is InChI=1S/C21H31N3O3/c1-15-7-8-16(14-18(15)27-3)19(25)23-10-12-24(13-11-23)20(26)17-6-4-5-9-21(17,2)22/h7-8,14,17H,4-6,9-13,22H2,1-3H3. The van der Waals surface area contributed by atoms with Gasteiger partial charge in [0.25, 0.3) is 5.91 Å². The Hall–Kier alpha value is -2.08. The van der Waals surface area contributed by atoms with Crippen LogP contribution in [0.5, 0.6) is 5.75 Å². The molecule has 148 valence electrons. The minimum atomic E-state index is -0.416. The van der Waals surface area contributed by atoms with E-state index in [2.05, 4.69) is 0 Å². The largest absolute Gasteiger partial charge is 0.496 e. The van der Waals surface area contributed by atoms with Gasteiger partial charge in [-0.2, -0.15) is 0 Å². The summed E-state index contributed by atoms with van der Waals surface area (Å²) in [5, 5.41) is 0. The van der Waals surface area contributed by atoms with Gasteiger partial charge in [-0.05, 0) is 44.4 Å². The first-order chi connectivity index (χ1) is 12.8. The molecular formula is C21H31N3O3. The van der Waals surface area contributed by atoms with Crippen LogP contribution >= 0.6 is 0 Å². The topological polar surface area (TPSA) is 75.9 Å². The van der Waals surface area contributed by atoms with Crippen LogP contribution in [0.3, 0.4) is 0 Å². The summed E-state index contributed by atoms with van der Waals surface area (Å²) >= 11 is 0. The molecule has 2 atom stereocenters. The first kappa shape index (κ1) is 19.7. The number of amides is 2. The lowest BCUT2D eigenvalue weighted by atomic mass is 9.74. The second kappa shape index (κ2) is 7.89. The van der Waals surface area contributed by atoms with Crippen molar-refractivity contribution in [2.75, 3.05) is 33.3 Å². The fourth-order valence-electron chi connectivity index (χ4n) is 4.25. The fraction of sp³-hybridized carbons (Fsp3) is 0.619. The lowest BCUT2D eigenvalue weighted by molar-refractivity contribution is -0.140. The van der Waals surface area contributed by atoms with Crippen molar-refractivity contribution in [3.05, 3.63) is 29.3 Å². The number of hydrogen-bond acceptors (Lipinski definition) is 4. The number of carbonyl (C=O) groups excluding carboxylic acids is 2. The molecule has 1 saturated heterocycles. The van der Waals surface area contributed by atoms with Crippen LogP contribution in [0, 0.1) is 12.8 Å². The molecule has 1 aromatic carbocycles. The van der Waals surface area contributed by atoms with Crippen molar-refractivity contribution in [2.45, 2.75) is 45.1 Å². The van der Waals surface area contributed by atoms with E-state index in [1.165, 1.54) is 0 Å². The molecule has 2 amide bonds. The molecule has 0 spiro atoms. The number of nitrogens with two attached hydrogens (primary N) is 1. The van der Waals surface area contributed by atoms with E-state index in [1.54, 1.807) is 13.2 Å². The van der Waals surface area contributed by atoms with Gasteiger partial charge < -0.3 is 20.3 Å². The summed E-state index contributed by atoms with van der Waals surface area (Å²) in [5.41, 5.74) is 7.61. The highest BCUT2D eigenvalue weighted by Gasteiger charge is 2.40. The van der Waals surface area contributed by atoms with Crippen LogP contribution in [-0.2, 0) is 4.79 Å². The Kier molecular flexibility index (Phi) is 5.75. The maximum absolute atomic E-state index is 13.0. The van der Waals surface area contributed by atoms with Crippen molar-refractivity contribution in [1.29, 1.82) is 0 Å². The molecule has 3 rings (SSSR count). The van der Waals surface area contributed by atoms with Gasteiger partial charge in [0.15, 0.2) is 0 Å². The maximum Gasteiger partial charge on any atom is 0.254 e. The van der Waals surface area contributed by atoms with Gasteiger partial charge in [-0.1, -0.05) is 18.9 Å². The molecule has 27 heavy (non-hydrogen) atoms. The van der Waals surface area contributed by atoms with E-state index in [9.17, 15) is 9.59 Å². The van der Waals surface area contributed by atoms with Crippen LogP contribution < -0.4 is 10.5 Å². The third kappa shape index (κ3) is 4.10. The van der Waals surface area contributed by atoms with Crippen LogP contribution in [0.2, 0.25) is 0 Å². The van der Waals surface area contributed by atoms with E-state index in [4.69, 9.17) is 10.5 Å². The second-order valence-corrected chi connectivity index (χ2v) is 8.11. The maximum atomic E-state index is 13.0. The summed E-state index contributed by atoms with van der Waals surface area (Å²) in [6.45, 7) is 6.19. The number of aryl methyl sites for hydroxylation is 1. The van der Waals surface area contributed by atoms with E-state index in [-0.39, 0.29) is 17.7 Å². The Morgan fingerprint density at radius 1 is 1.15 bits per heavy atom. The van der Waals surface area contributed by atoms with Crippen molar-refractivity contribution in [1.82, 2.24) is 9.80 Å². The zero-order valence-corrected chi connectivity index (χ0v) is 16.7. The number of hydrogen-bond donors (Lipinski definition) is 1. The molecule has 2 unspecified atom stereocenters. The molecule has 2 fully saturated rings. The van der Waals surface area contributed by atoms with E-state index in [0.717, 1.165) is 31.2 Å². The highest BCUT2D eigenvalue weighted by molar-refractivity contribution is 5.95. The number of benzene rings is 1. The summed E-state index contributed by atoms with van der Waals surface area (Å²) in [5.74, 6) is 0.759. The average molecular weight is 373 g/mol. The average Bonchev–Trinajstić information content (AvgIpc) is 2.67. The highest BCUT2D eigenvalue weighted by atomic mass is 16.5. The molecule has 6 heteroatoms. The zero-order chi connectivity index (χ0) is 19.6. The van der Waals surface area contributed by atoms with Crippen LogP contribution in [0.25, 0.3) is 0 Å². The Balaban J connectivity index is 1.61. The molecule has 0 radical (unpaired) electrons. The van der Waals surface area contributed by atoms with Crippen LogP contribution in [0.15, 0.2) is 18.2 Å². The molecule has 1 aliphatic heterocycles. The fourth-order valence-corrected chi connectivity index (χ4v) is 4.25. The van der Waals surface area contributed by atoms with Gasteiger partial charge in [-0.15, -0.1) is 0 Å². The number of rotatable bonds is 3. The van der Waals surface area contributed by atoms with Crippen molar-refractivity contribution in [3.63, 3.8) is 0 Å². The van der Waals surface area contributed by atoms with E-state index >= 15 is 0 Å². The Labute approximate surface area is 161 Å². The van der Waals surface area contributed by atoms with Crippen LogP contribution in [-0.4, -0.2) is 60.4 Å². The molecule has 1 heterocycles. The zero-order valence-electron chi connectivity index (χ0n) is 16.7. The summed E-state index contributed by atoms with van der Waals surface area (Å²) in [7, 11) is 1.61. The molecule has 1 aromatic rings. The van der Waals surface area contributed by atoms with Gasteiger partial charge in [0.1, 0.15) is 5.75 Å². The first-order valence-corrected chi connectivity index (χ1v) is 9.85. The molecule has 0 bridgehead atoms. The lowest BCUT2D eigenvalue weighted by Gasteiger charge is -2.42. The van der Waals surface area contributed by atoms with Gasteiger partial charge in [0.2, 0.25) is 5.91 Å². The Morgan fingerprint density at radius 2 is 1.81 bits per heavy atom. The predicted octanol–water partition coefficient (Wildman–Crippen LogP) is 2.20. The predicted molar refractivity (Wildman–Crippen MR) is 105 cm³/mol. The van der Waals surface area contributed by atoms with Gasteiger partial charge in [0, 0.05) is 37.3 Å². The number of carbonyl (C=O) groups is 2. The quantitative estimate of drug-likeness (QED) is 0.881. The highest BCUT2D eigenvalue weighted by Crippen LogP contribution is 2.33. The minimum Gasteiger partial charge on any atom is -0.496 e. The van der Waals surface area contributed by atoms with Crippen molar-refractivity contribution >= 4 is 11.8 Å². The lowest BCUT2D eigenvalue weighted by Crippen LogP contribution is -2.57. The van der Waals surface area contributed by atoms with Crippen molar-refractivity contribution in [2.24, 2.45) is 11.7 Å². The van der Waals surface area contributed by atoms with Gasteiger partial charge in [-0.3, -0.25) is 9.59 Å². The van der Waals surface area contributed by atoms with Crippen molar-refractivity contribution < 1.29 is 14.3 Å². The molecule has 1 saturated carbocycles. The molecule has 0 aromatic heterocycles. The normalized spacial score (nSPS) is 26.0. The smallest absolute Gasteiger partial charge is 0.254 e. The van der Waals surface area contributed by atoms with Gasteiger partial charge >= 0.3 is 0 Å². The van der Waals surface area contributed by atoms with Crippen LogP contribution in [0.1, 0.15) is 48.5 Å². The second-order valence-electron chi connectivity index (χ2n) is 8.11. The van der Waals surface area contributed by atoms with E-state index in [1.807, 2.05) is 35.8 Å². The molecular weight excluding hydrogens is 342 g/mol. The number of nitrogens with zero attached hydrogens (tertiary/aromatic N) is 2. The first-order valence-electron chi connectivity index (χ1n) is 9.85. The van der Waals surface area contributed by atoms with Crippen molar-refractivity contribution in [3.8, 4) is 5.75 Å². The Bertz CT molecular complexity index is 709. The number of methoxy groups -OCH3 is 1. The van der Waals surface area contributed by atoms with Gasteiger partial charge in [0.05, 0.1) is 13.0 Å². The van der Waals surface area contributed by atoms with E-state index < -0.39 is 5.54 Å². The van der Waals surface area contributed by atoms with E-state index in [0.29, 0.717) is 37.5 Å². The number of piperazine rings is 1. The summed E-state index contributed by atoms with van der Waals surface area (Å²) in [6.07, 6.45) is 3.93. The molecule has 6 nitrogen and oxygen atoms in total. The molecule has 2 aliphatic rings. The SMILES string of the molecule is COc1cc(C(=O)N2CCN(C(=O)C3CCCCC3(C)N)CC2)ccc1C. The van der Waals surface area contributed by atoms with Gasteiger partial charge in [-0.25, -0.2) is 0 Å². The number of ether oxygens (including phenoxy) is 1. The molecule has 2 N–H and O–H groups in total. The summed E-state index contributed by atoms with van der Waals surface area (Å²) in [4.78, 5) is 29.5.